The number of thiophene rings is 1. The van der Waals surface area contributed by atoms with Crippen LogP contribution in [0.1, 0.15) is 43.5 Å². The van der Waals surface area contributed by atoms with Gasteiger partial charge in [-0.1, -0.05) is 13.8 Å². The predicted molar refractivity (Wildman–Crippen MR) is 124 cm³/mol. The van der Waals surface area contributed by atoms with E-state index in [-0.39, 0.29) is 40.2 Å². The molecular weight excluding hydrogens is 442 g/mol. The molecule has 7 nitrogen and oxygen atoms in total. The van der Waals surface area contributed by atoms with Crippen molar-refractivity contribution >= 4 is 49.1 Å². The first kappa shape index (κ1) is 23.3. The summed E-state index contributed by atoms with van der Waals surface area (Å²) in [5.41, 5.74) is 0.816. The number of nitrogens with zero attached hydrogens (tertiary/aromatic N) is 2. The van der Waals surface area contributed by atoms with Crippen LogP contribution in [-0.4, -0.2) is 58.5 Å². The van der Waals surface area contributed by atoms with Crippen molar-refractivity contribution in [3.05, 3.63) is 26.6 Å². The van der Waals surface area contributed by atoms with Gasteiger partial charge in [-0.3, -0.25) is 9.59 Å². The minimum absolute atomic E-state index is 0.0471. The van der Waals surface area contributed by atoms with Gasteiger partial charge in [0.05, 0.1) is 27.9 Å². The van der Waals surface area contributed by atoms with Gasteiger partial charge in [-0.2, -0.15) is 0 Å². The Bertz CT molecular complexity index is 1100. The summed E-state index contributed by atoms with van der Waals surface area (Å²) in [6, 6.07) is -0.251. The Balaban J connectivity index is 1.72. The molecule has 2 aromatic heterocycles. The number of carbonyl (C=O) groups is 1. The van der Waals surface area contributed by atoms with Crippen molar-refractivity contribution in [3.8, 4) is 0 Å². The number of aryl methyl sites for hydroxylation is 2. The van der Waals surface area contributed by atoms with E-state index in [1.165, 1.54) is 23.1 Å². The Morgan fingerprint density at radius 1 is 1.33 bits per heavy atom. The number of aromatic amines is 1. The van der Waals surface area contributed by atoms with Crippen LogP contribution in [-0.2, 0) is 20.4 Å². The van der Waals surface area contributed by atoms with Gasteiger partial charge in [-0.05, 0) is 38.7 Å². The first-order valence-corrected chi connectivity index (χ1v) is 13.8. The van der Waals surface area contributed by atoms with E-state index >= 15 is 0 Å². The molecule has 0 spiro atoms. The van der Waals surface area contributed by atoms with Gasteiger partial charge in [0.15, 0.2) is 9.84 Å². The van der Waals surface area contributed by atoms with Gasteiger partial charge in [0.25, 0.3) is 5.56 Å². The van der Waals surface area contributed by atoms with E-state index in [2.05, 4.69) is 9.97 Å². The number of fused-ring (bicyclic) bond motifs is 1. The zero-order valence-electron chi connectivity index (χ0n) is 18.0. The van der Waals surface area contributed by atoms with Crippen LogP contribution < -0.4 is 5.56 Å². The molecule has 1 N–H and O–H groups in total. The van der Waals surface area contributed by atoms with Crippen LogP contribution in [0.15, 0.2) is 4.79 Å². The number of nitrogens with one attached hydrogen (secondary N) is 1. The summed E-state index contributed by atoms with van der Waals surface area (Å²) in [5, 5.41) is 0.279. The number of carbonyl (C=O) groups excluding carboxylic acids is 1. The number of H-pyrrole nitrogens is 1. The number of amides is 1. The summed E-state index contributed by atoms with van der Waals surface area (Å²) >= 11 is 2.91. The van der Waals surface area contributed by atoms with Crippen LogP contribution in [0.5, 0.6) is 0 Å². The second-order valence-electron chi connectivity index (χ2n) is 8.37. The first-order valence-electron chi connectivity index (χ1n) is 10.1. The van der Waals surface area contributed by atoms with Crippen LogP contribution in [0.3, 0.4) is 0 Å². The number of thioether (sulfide) groups is 1. The highest BCUT2D eigenvalue weighted by Crippen LogP contribution is 2.27. The van der Waals surface area contributed by atoms with Crippen molar-refractivity contribution in [2.75, 3.05) is 18.1 Å². The fraction of sp³-hybridized carbons (Fsp3) is 0.650. The van der Waals surface area contributed by atoms with E-state index in [1.54, 1.807) is 4.90 Å². The maximum absolute atomic E-state index is 13.1. The van der Waals surface area contributed by atoms with Gasteiger partial charge < -0.3 is 9.88 Å². The summed E-state index contributed by atoms with van der Waals surface area (Å²) in [7, 11) is -3.07. The number of rotatable bonds is 7. The number of hydrogen-bond donors (Lipinski definition) is 1. The van der Waals surface area contributed by atoms with E-state index in [0.717, 1.165) is 15.3 Å². The lowest BCUT2D eigenvalue weighted by atomic mass is 10.1. The molecule has 1 fully saturated rings. The molecule has 166 valence electrons. The minimum atomic E-state index is -3.07. The lowest BCUT2D eigenvalue weighted by molar-refractivity contribution is -0.132. The van der Waals surface area contributed by atoms with Crippen molar-refractivity contribution in [2.24, 2.45) is 5.92 Å². The zero-order valence-corrected chi connectivity index (χ0v) is 20.5. The van der Waals surface area contributed by atoms with E-state index in [0.29, 0.717) is 29.9 Å². The van der Waals surface area contributed by atoms with Gasteiger partial charge in [0.2, 0.25) is 5.91 Å². The molecule has 2 aromatic rings. The number of aromatic nitrogens is 2. The molecule has 0 saturated carbocycles. The van der Waals surface area contributed by atoms with Crippen molar-refractivity contribution in [1.29, 1.82) is 0 Å². The number of hydrogen-bond acceptors (Lipinski definition) is 7. The van der Waals surface area contributed by atoms with E-state index in [1.807, 2.05) is 34.6 Å². The third-order valence-corrected chi connectivity index (χ3v) is 9.39. The second-order valence-corrected chi connectivity index (χ2v) is 13.1. The van der Waals surface area contributed by atoms with Crippen molar-refractivity contribution in [1.82, 2.24) is 14.9 Å². The first-order chi connectivity index (χ1) is 14.0. The highest BCUT2D eigenvalue weighted by atomic mass is 32.2. The summed E-state index contributed by atoms with van der Waals surface area (Å²) in [4.78, 5) is 36.6. The molecule has 0 aromatic carbocycles. The largest absolute Gasteiger partial charge is 0.337 e. The normalized spacial score (nSPS) is 19.5. The summed E-state index contributed by atoms with van der Waals surface area (Å²) < 4.78 is 23.8. The van der Waals surface area contributed by atoms with Gasteiger partial charge in [-0.15, -0.1) is 23.1 Å². The second kappa shape index (κ2) is 9.00. The fourth-order valence-electron chi connectivity index (χ4n) is 3.71. The van der Waals surface area contributed by atoms with Gasteiger partial charge in [0, 0.05) is 17.5 Å². The lowest BCUT2D eigenvalue weighted by Gasteiger charge is -2.32. The van der Waals surface area contributed by atoms with E-state index < -0.39 is 9.84 Å². The quantitative estimate of drug-likeness (QED) is 0.666. The Labute approximate surface area is 185 Å². The topological polar surface area (TPSA) is 100 Å². The maximum Gasteiger partial charge on any atom is 0.259 e. The van der Waals surface area contributed by atoms with Gasteiger partial charge in [0.1, 0.15) is 10.7 Å². The highest BCUT2D eigenvalue weighted by molar-refractivity contribution is 7.99. The Kier molecular flexibility index (Phi) is 6.98. The molecule has 0 aliphatic carbocycles. The standard InChI is InChI=1S/C20H29N3O4S3/c1-11(2)8-23(15-6-7-30(26,27)10-15)20(25)14(5)28-9-16-21-18(24)17-12(3)13(4)29-19(17)22-16/h11,14-15H,6-10H2,1-5H3,(H,21,22,24)/t14-,15+/m0/s1. The molecule has 3 rings (SSSR count). The maximum atomic E-state index is 13.1. The third-order valence-electron chi connectivity index (χ3n) is 5.40. The molecule has 3 heterocycles. The fourth-order valence-corrected chi connectivity index (χ4v) is 7.31. The van der Waals surface area contributed by atoms with Gasteiger partial charge in [-0.25, -0.2) is 13.4 Å². The molecule has 1 aliphatic heterocycles. The molecule has 0 bridgehead atoms. The summed E-state index contributed by atoms with van der Waals surface area (Å²) in [6.45, 7) is 10.3. The van der Waals surface area contributed by atoms with Crippen LogP contribution in [0.25, 0.3) is 10.2 Å². The molecule has 1 amide bonds. The van der Waals surface area contributed by atoms with Crippen LogP contribution >= 0.6 is 23.1 Å². The SMILES string of the molecule is Cc1sc2nc(CS[C@@H](C)C(=O)N(CC(C)C)[C@@H]3CCS(=O)(=O)C3)[nH]c(=O)c2c1C. The highest BCUT2D eigenvalue weighted by Gasteiger charge is 2.36. The lowest BCUT2D eigenvalue weighted by Crippen LogP contribution is -2.46. The zero-order chi connectivity index (χ0) is 22.2. The summed E-state index contributed by atoms with van der Waals surface area (Å²) in [5.74, 6) is 1.35. The summed E-state index contributed by atoms with van der Waals surface area (Å²) in [6.07, 6.45) is 0.501. The van der Waals surface area contributed by atoms with Crippen molar-refractivity contribution < 1.29 is 13.2 Å². The molecule has 10 heteroatoms. The van der Waals surface area contributed by atoms with Crippen LogP contribution in [0.4, 0.5) is 0 Å². The molecule has 1 saturated heterocycles. The third kappa shape index (κ3) is 5.08. The Morgan fingerprint density at radius 2 is 2.03 bits per heavy atom. The average molecular weight is 472 g/mol. The van der Waals surface area contributed by atoms with E-state index in [4.69, 9.17) is 0 Å². The van der Waals surface area contributed by atoms with Crippen molar-refractivity contribution in [2.45, 2.75) is 58.1 Å². The molecule has 1 aliphatic rings. The van der Waals surface area contributed by atoms with Crippen LogP contribution in [0, 0.1) is 19.8 Å². The van der Waals surface area contributed by atoms with Gasteiger partial charge >= 0.3 is 0 Å². The predicted octanol–water partition coefficient (Wildman–Crippen LogP) is 2.89. The van der Waals surface area contributed by atoms with Crippen molar-refractivity contribution in [3.63, 3.8) is 0 Å². The Hall–Kier alpha value is -1.39. The minimum Gasteiger partial charge on any atom is -0.337 e. The smallest absolute Gasteiger partial charge is 0.259 e. The Morgan fingerprint density at radius 3 is 2.63 bits per heavy atom. The average Bonchev–Trinajstić information content (AvgIpc) is 3.15. The molecule has 2 atom stereocenters. The van der Waals surface area contributed by atoms with E-state index in [9.17, 15) is 18.0 Å². The molecular formula is C20H29N3O4S3. The van der Waals surface area contributed by atoms with Crippen LogP contribution in [0.2, 0.25) is 0 Å². The molecule has 30 heavy (non-hydrogen) atoms. The molecule has 0 radical (unpaired) electrons. The molecule has 0 unspecified atom stereocenters. The monoisotopic (exact) mass is 471 g/mol. The number of sulfone groups is 1.